The number of benzene rings is 1. The lowest BCUT2D eigenvalue weighted by atomic mass is 9.75. The summed E-state index contributed by atoms with van der Waals surface area (Å²) in [6, 6.07) is 10.9. The van der Waals surface area contributed by atoms with Crippen LogP contribution in [-0.4, -0.2) is 155 Å². The molecule has 2 aromatic rings. The Balaban J connectivity index is 1.58. The fraction of sp³-hybridized carbons (Fsp3) is 0.780. The van der Waals surface area contributed by atoms with Crippen LogP contribution in [0.1, 0.15) is 108 Å². The van der Waals surface area contributed by atoms with Crippen molar-refractivity contribution >= 4 is 5.97 Å². The van der Waals surface area contributed by atoms with Crippen molar-refractivity contribution in [2.75, 3.05) is 33.8 Å². The van der Waals surface area contributed by atoms with Crippen molar-refractivity contribution in [2.45, 2.75) is 198 Å². The Hall–Kier alpha value is -2.71. The fourth-order valence-electron chi connectivity index (χ4n) is 10.5. The van der Waals surface area contributed by atoms with Gasteiger partial charge in [-0.15, -0.1) is 0 Å². The number of carbonyl (C=O) groups excluding carboxylic acids is 1. The first-order valence-corrected chi connectivity index (χ1v) is 24.3. The van der Waals surface area contributed by atoms with Gasteiger partial charge in [-0.25, -0.2) is 0 Å². The number of hydrogen-bond donors (Lipinski definition) is 7. The Kier molecular flexibility index (Phi) is 18.7. The summed E-state index contributed by atoms with van der Waals surface area (Å²) in [5, 5.41) is 58.6. The molecule has 0 saturated carbocycles. The molecule has 3 fully saturated rings. The predicted molar refractivity (Wildman–Crippen MR) is 251 cm³/mol. The van der Waals surface area contributed by atoms with Crippen LogP contribution in [0.3, 0.4) is 0 Å². The van der Waals surface area contributed by atoms with Crippen LogP contribution in [0.15, 0.2) is 48.8 Å². The van der Waals surface area contributed by atoms with Crippen molar-refractivity contribution in [1.82, 2.24) is 20.5 Å². The molecule has 10 unspecified atom stereocenters. The number of likely N-dealkylation sites (N-methyl/N-ethyl adjacent to an activating group) is 1. The molecule has 0 radical (unpaired) electrons. The van der Waals surface area contributed by atoms with Gasteiger partial charge in [0.05, 0.1) is 42.0 Å². The van der Waals surface area contributed by atoms with Crippen LogP contribution >= 0.6 is 0 Å². The number of aliphatic hydroxyl groups is 4. The first kappa shape index (κ1) is 54.2. The van der Waals surface area contributed by atoms with E-state index in [1.165, 1.54) is 6.92 Å². The van der Waals surface area contributed by atoms with Crippen molar-refractivity contribution in [2.24, 2.45) is 17.8 Å². The molecule has 16 heteroatoms. The maximum absolute atomic E-state index is 14.6. The molecule has 3 aliphatic heterocycles. The number of aromatic nitrogens is 1. The van der Waals surface area contributed by atoms with Crippen LogP contribution in [-0.2, 0) is 33.2 Å². The summed E-state index contributed by atoms with van der Waals surface area (Å²) in [6.45, 7) is 21.2. The van der Waals surface area contributed by atoms with Gasteiger partial charge in [-0.2, -0.15) is 0 Å². The average molecular weight is 933 g/mol. The van der Waals surface area contributed by atoms with E-state index in [2.05, 4.69) is 16.0 Å². The van der Waals surface area contributed by atoms with Crippen LogP contribution in [0.4, 0.5) is 0 Å². The largest absolute Gasteiger partial charge is 0.483 e. The molecule has 376 valence electrons. The quantitative estimate of drug-likeness (QED) is 0.103. The number of carbonyl (C=O) groups is 1. The number of methoxy groups -OCH3 is 1. The van der Waals surface area contributed by atoms with Gasteiger partial charge in [-0.1, -0.05) is 27.7 Å². The van der Waals surface area contributed by atoms with E-state index in [0.29, 0.717) is 25.3 Å². The molecule has 5 rings (SSSR count). The van der Waals surface area contributed by atoms with E-state index in [4.69, 9.17) is 33.2 Å². The summed E-state index contributed by atoms with van der Waals surface area (Å²) in [4.78, 5) is 14.6. The number of ether oxygens (including phenoxy) is 7. The third-order valence-electron chi connectivity index (χ3n) is 14.7. The van der Waals surface area contributed by atoms with E-state index in [1.54, 1.807) is 41.7 Å². The molecule has 66 heavy (non-hydrogen) atoms. The van der Waals surface area contributed by atoms with Crippen molar-refractivity contribution in [1.29, 1.82) is 0 Å². The lowest BCUT2D eigenvalue weighted by Gasteiger charge is -2.53. The molecular formula is C50H84N4O12. The van der Waals surface area contributed by atoms with E-state index >= 15 is 0 Å². The molecule has 0 aliphatic carbocycles. The minimum Gasteiger partial charge on any atom is -0.483 e. The van der Waals surface area contributed by atoms with Crippen molar-refractivity contribution < 1.29 is 58.4 Å². The van der Waals surface area contributed by atoms with Gasteiger partial charge < -0.3 is 74.1 Å². The second-order valence-corrected chi connectivity index (χ2v) is 20.2. The van der Waals surface area contributed by atoms with Crippen molar-refractivity contribution in [3.05, 3.63) is 48.8 Å². The van der Waals surface area contributed by atoms with E-state index in [1.807, 2.05) is 95.0 Å². The number of aliphatic hydroxyl groups excluding tert-OH is 1. The molecule has 18 atom stereocenters. The molecule has 3 aliphatic rings. The van der Waals surface area contributed by atoms with Crippen LogP contribution in [0.2, 0.25) is 0 Å². The third kappa shape index (κ3) is 12.2. The maximum Gasteiger partial charge on any atom is 0.311 e. The summed E-state index contributed by atoms with van der Waals surface area (Å²) in [5.74, 6) is -2.06. The first-order valence-electron chi connectivity index (χ1n) is 24.3. The molecule has 0 amide bonds. The van der Waals surface area contributed by atoms with Gasteiger partial charge in [0, 0.05) is 50.1 Å². The van der Waals surface area contributed by atoms with Crippen molar-refractivity contribution in [3.8, 4) is 11.4 Å². The van der Waals surface area contributed by atoms with Gasteiger partial charge in [-0.05, 0) is 137 Å². The first-order chi connectivity index (χ1) is 31.0. The summed E-state index contributed by atoms with van der Waals surface area (Å²) < 4.78 is 48.3. The Bertz CT molecular complexity index is 1780. The number of hydrogen-bond acceptors (Lipinski definition) is 15. The van der Waals surface area contributed by atoms with E-state index < -0.39 is 95.5 Å². The number of nitrogens with zero attached hydrogens (tertiary/aromatic N) is 1. The maximum atomic E-state index is 14.6. The topological polar surface area (TPSA) is 204 Å². The molecule has 0 bridgehead atoms. The van der Waals surface area contributed by atoms with E-state index in [0.717, 1.165) is 12.1 Å². The van der Waals surface area contributed by atoms with Crippen molar-refractivity contribution in [3.63, 3.8) is 0 Å². The highest BCUT2D eigenvalue weighted by molar-refractivity contribution is 5.73. The lowest BCUT2D eigenvalue weighted by molar-refractivity contribution is -0.335. The minimum atomic E-state index is -1.83. The highest BCUT2D eigenvalue weighted by Crippen LogP contribution is 2.43. The number of rotatable bonds is 14. The van der Waals surface area contributed by atoms with Gasteiger partial charge in [0.25, 0.3) is 0 Å². The molecule has 16 nitrogen and oxygen atoms in total. The second kappa shape index (κ2) is 22.8. The zero-order valence-corrected chi connectivity index (χ0v) is 41.9. The standard InChI is InChI=1S/C50H84N4O12/c1-14-22-52-29-50(59)35(8)62-40(27-48(50,10)60-13)65-41-32(5)44(47(9,57)26-30(3)28-53-34(7)43(55)49(11,58)39(15-2)64-45(56)33(41)6)66-46-42(38(51-12)25-31(4)61-46)63-37-20-18-36(19-21-37)54-23-16-17-24-54/h16-21,23-24,30-35,38-44,46,51-53,55,57-59H,14-15,22,25-29H2,1-13H3/t30?,31-,32?,33?,34?,35+,38+,39?,40+,41?,42-,43?,44?,46+,47?,48-,49?,50+/m1/s1. The molecule has 1 aromatic carbocycles. The highest BCUT2D eigenvalue weighted by atomic mass is 16.7. The molecule has 3 saturated heterocycles. The second-order valence-electron chi connectivity index (χ2n) is 20.2. The average Bonchev–Trinajstić information content (AvgIpc) is 3.82. The molecular weight excluding hydrogens is 849 g/mol. The zero-order chi connectivity index (χ0) is 48.8. The Morgan fingerprint density at radius 1 is 0.924 bits per heavy atom. The number of cyclic esters (lactones) is 1. The Morgan fingerprint density at radius 2 is 1.59 bits per heavy atom. The van der Waals surface area contributed by atoms with Gasteiger partial charge >= 0.3 is 5.97 Å². The minimum absolute atomic E-state index is 0.0935. The number of nitrogens with one attached hydrogen (secondary N) is 3. The lowest BCUT2D eigenvalue weighted by Crippen LogP contribution is -2.70. The summed E-state index contributed by atoms with van der Waals surface area (Å²) in [7, 11) is 3.42. The van der Waals surface area contributed by atoms with Crippen LogP contribution < -0.4 is 20.7 Å². The predicted octanol–water partition coefficient (Wildman–Crippen LogP) is 4.46. The SMILES string of the molecule is CCCNC[C@]1(O)[C@H](C)O[C@@H](OC2C(C)C(=O)OC(CC)C(C)(O)C(O)C(C)NCC(C)CC(C)(O)C(O[C@@H]3O[C@H](C)C[C@H](NC)[C@H]3Oc3ccc(-n4cccc4)cc3)C2C)C[C@@]1(C)OC. The summed E-state index contributed by atoms with van der Waals surface area (Å²) >= 11 is 0. The van der Waals surface area contributed by atoms with Gasteiger partial charge in [-0.3, -0.25) is 4.79 Å². The third-order valence-corrected chi connectivity index (χ3v) is 14.7. The van der Waals surface area contributed by atoms with Gasteiger partial charge in [0.2, 0.25) is 0 Å². The Morgan fingerprint density at radius 3 is 2.20 bits per heavy atom. The molecule has 1 aromatic heterocycles. The van der Waals surface area contributed by atoms with Gasteiger partial charge in [0.1, 0.15) is 34.8 Å². The summed E-state index contributed by atoms with van der Waals surface area (Å²) in [6.07, 6.45) is -2.24. The Labute approximate surface area is 393 Å². The molecule has 4 heterocycles. The number of esters is 1. The molecule has 0 spiro atoms. The zero-order valence-electron chi connectivity index (χ0n) is 41.9. The normalized spacial score (nSPS) is 42.2. The molecule has 7 N–H and O–H groups in total. The summed E-state index contributed by atoms with van der Waals surface area (Å²) in [5.41, 5.74) is -5.03. The van der Waals surface area contributed by atoms with E-state index in [-0.39, 0.29) is 43.9 Å². The van der Waals surface area contributed by atoms with Crippen LogP contribution in [0.25, 0.3) is 5.69 Å². The van der Waals surface area contributed by atoms with E-state index in [9.17, 15) is 25.2 Å². The smallest absolute Gasteiger partial charge is 0.311 e. The van der Waals surface area contributed by atoms with Crippen LogP contribution in [0, 0.1) is 17.8 Å². The monoisotopic (exact) mass is 933 g/mol. The van der Waals surface area contributed by atoms with Gasteiger partial charge in [0.15, 0.2) is 18.7 Å². The fourth-order valence-corrected chi connectivity index (χ4v) is 10.5. The highest BCUT2D eigenvalue weighted by Gasteiger charge is 2.58. The van der Waals surface area contributed by atoms with Crippen LogP contribution in [0.5, 0.6) is 5.75 Å².